The summed E-state index contributed by atoms with van der Waals surface area (Å²) in [6.45, 7) is 7.45. The molecule has 1 unspecified atom stereocenters. The van der Waals surface area contributed by atoms with Gasteiger partial charge in [-0.3, -0.25) is 13.9 Å². The molecule has 0 radical (unpaired) electrons. The monoisotopic (exact) mass is 597 g/mol. The molecule has 3 aromatic rings. The second-order valence-electron chi connectivity index (χ2n) is 10.4. The number of aryl methyl sites for hydroxylation is 1. The Morgan fingerprint density at radius 2 is 1.67 bits per heavy atom. The van der Waals surface area contributed by atoms with Crippen LogP contribution in [0.4, 0.5) is 10.1 Å². The first-order valence-electron chi connectivity index (χ1n) is 13.8. The summed E-state index contributed by atoms with van der Waals surface area (Å²) in [6, 6.07) is 15.6. The zero-order valence-corrected chi connectivity index (χ0v) is 25.0. The highest BCUT2D eigenvalue weighted by molar-refractivity contribution is 7.92. The molecule has 0 saturated carbocycles. The lowest BCUT2D eigenvalue weighted by molar-refractivity contribution is -0.140. The van der Waals surface area contributed by atoms with Gasteiger partial charge >= 0.3 is 0 Å². The first-order valence-corrected chi connectivity index (χ1v) is 15.3. The summed E-state index contributed by atoms with van der Waals surface area (Å²) in [4.78, 5) is 28.6. The molecule has 42 heavy (non-hydrogen) atoms. The van der Waals surface area contributed by atoms with Crippen molar-refractivity contribution in [2.45, 2.75) is 57.6 Å². The van der Waals surface area contributed by atoms with Crippen LogP contribution in [0, 0.1) is 12.7 Å². The van der Waals surface area contributed by atoms with Crippen molar-refractivity contribution in [3.8, 4) is 11.5 Å². The average Bonchev–Trinajstić information content (AvgIpc) is 2.95. The molecule has 0 spiro atoms. The Balaban J connectivity index is 1.75. The highest BCUT2D eigenvalue weighted by atomic mass is 32.2. The number of amides is 2. The third kappa shape index (κ3) is 7.20. The van der Waals surface area contributed by atoms with Crippen LogP contribution in [0.25, 0.3) is 0 Å². The topological polar surface area (TPSA) is 105 Å². The predicted molar refractivity (Wildman–Crippen MR) is 157 cm³/mol. The molecule has 2 amide bonds. The summed E-state index contributed by atoms with van der Waals surface area (Å²) >= 11 is 0. The number of sulfonamides is 1. The Hall–Kier alpha value is -4.12. The molecule has 1 N–H and O–H groups in total. The number of hydrogen-bond donors (Lipinski definition) is 1. The van der Waals surface area contributed by atoms with Crippen molar-refractivity contribution in [2.75, 3.05) is 24.1 Å². The molecule has 1 aliphatic rings. The Kier molecular flexibility index (Phi) is 9.72. The summed E-state index contributed by atoms with van der Waals surface area (Å²) < 4.78 is 54.0. The minimum Gasteiger partial charge on any atom is -0.486 e. The lowest BCUT2D eigenvalue weighted by atomic mass is 10.1. The normalized spacial score (nSPS) is 13.4. The third-order valence-electron chi connectivity index (χ3n) is 6.75. The Labute approximate surface area is 246 Å². The van der Waals surface area contributed by atoms with E-state index in [1.54, 1.807) is 6.92 Å². The van der Waals surface area contributed by atoms with Crippen molar-refractivity contribution in [3.63, 3.8) is 0 Å². The SMILES string of the molecule is CCC(C(=O)NC(C)C)N(Cc1cccc(C)c1)C(=O)CN(c1ccc(F)cc1)S(=O)(=O)c1ccc2c(c1)OCCO2. The molecule has 0 aliphatic carbocycles. The van der Waals surface area contributed by atoms with Crippen molar-refractivity contribution in [3.05, 3.63) is 83.7 Å². The maximum absolute atomic E-state index is 14.1. The van der Waals surface area contributed by atoms with Gasteiger partial charge in [-0.1, -0.05) is 36.8 Å². The molecular formula is C31H36FN3O6S. The first kappa shape index (κ1) is 30.8. The van der Waals surface area contributed by atoms with Crippen molar-refractivity contribution >= 4 is 27.5 Å². The fourth-order valence-corrected chi connectivity index (χ4v) is 6.18. The standard InChI is InChI=1S/C31H36FN3O6S/c1-5-27(31(37)33-21(2)3)34(19-23-8-6-7-22(4)17-23)30(36)20-35(25-11-9-24(32)10-12-25)42(38,39)26-13-14-28-29(18-26)41-16-15-40-28/h6-14,17-18,21,27H,5,15-16,19-20H2,1-4H3,(H,33,37). The van der Waals surface area contributed by atoms with E-state index in [4.69, 9.17) is 9.47 Å². The smallest absolute Gasteiger partial charge is 0.264 e. The van der Waals surface area contributed by atoms with E-state index in [-0.39, 0.29) is 41.4 Å². The molecule has 1 atom stereocenters. The van der Waals surface area contributed by atoms with Crippen molar-refractivity contribution in [1.29, 1.82) is 0 Å². The molecule has 224 valence electrons. The lowest BCUT2D eigenvalue weighted by Crippen LogP contribution is -2.53. The van der Waals surface area contributed by atoms with E-state index in [0.29, 0.717) is 18.8 Å². The molecule has 0 bridgehead atoms. The van der Waals surface area contributed by atoms with Gasteiger partial charge in [0, 0.05) is 18.7 Å². The number of halogens is 1. The van der Waals surface area contributed by atoms with E-state index >= 15 is 0 Å². The van der Waals surface area contributed by atoms with Crippen LogP contribution in [-0.4, -0.2) is 57.0 Å². The minimum atomic E-state index is -4.35. The molecule has 0 fully saturated rings. The first-order chi connectivity index (χ1) is 20.0. The van der Waals surface area contributed by atoms with Crippen LogP contribution >= 0.6 is 0 Å². The second kappa shape index (κ2) is 13.2. The van der Waals surface area contributed by atoms with Crippen LogP contribution in [0.3, 0.4) is 0 Å². The number of rotatable bonds is 11. The summed E-state index contributed by atoms with van der Waals surface area (Å²) in [6.07, 6.45) is 0.307. The van der Waals surface area contributed by atoms with Crippen molar-refractivity contribution < 1.29 is 31.9 Å². The number of benzene rings is 3. The number of hydrogen-bond acceptors (Lipinski definition) is 6. The van der Waals surface area contributed by atoms with Gasteiger partial charge in [0.15, 0.2) is 11.5 Å². The van der Waals surface area contributed by atoms with Crippen molar-refractivity contribution in [1.82, 2.24) is 10.2 Å². The van der Waals surface area contributed by atoms with E-state index in [9.17, 15) is 22.4 Å². The number of nitrogens with zero attached hydrogens (tertiary/aromatic N) is 2. The van der Waals surface area contributed by atoms with Gasteiger partial charge in [0.25, 0.3) is 10.0 Å². The van der Waals surface area contributed by atoms with Gasteiger partial charge in [0.05, 0.1) is 10.6 Å². The summed E-state index contributed by atoms with van der Waals surface area (Å²) in [5.41, 5.74) is 1.87. The van der Waals surface area contributed by atoms with E-state index in [2.05, 4.69) is 5.32 Å². The summed E-state index contributed by atoms with van der Waals surface area (Å²) in [7, 11) is -4.35. The lowest BCUT2D eigenvalue weighted by Gasteiger charge is -2.33. The van der Waals surface area contributed by atoms with E-state index < -0.39 is 34.3 Å². The molecule has 0 aromatic heterocycles. The van der Waals surface area contributed by atoms with Gasteiger partial charge in [-0.05, 0) is 69.2 Å². The van der Waals surface area contributed by atoms with Crippen molar-refractivity contribution in [2.24, 2.45) is 0 Å². The average molecular weight is 598 g/mol. The number of carbonyl (C=O) groups is 2. The van der Waals surface area contributed by atoms with Gasteiger partial charge in [-0.25, -0.2) is 12.8 Å². The third-order valence-corrected chi connectivity index (χ3v) is 8.52. The number of ether oxygens (including phenoxy) is 2. The fraction of sp³-hybridized carbons (Fsp3) is 0.355. The maximum Gasteiger partial charge on any atom is 0.264 e. The quantitative estimate of drug-likeness (QED) is 0.351. The zero-order valence-electron chi connectivity index (χ0n) is 24.2. The summed E-state index contributed by atoms with van der Waals surface area (Å²) in [5.74, 6) is -0.801. The number of carbonyl (C=O) groups excluding carboxylic acids is 2. The van der Waals surface area contributed by atoms with Crippen LogP contribution in [0.15, 0.2) is 71.6 Å². The largest absolute Gasteiger partial charge is 0.486 e. The Morgan fingerprint density at radius 1 is 0.976 bits per heavy atom. The zero-order chi connectivity index (χ0) is 30.4. The molecule has 9 nitrogen and oxygen atoms in total. The van der Waals surface area contributed by atoms with Gasteiger partial charge in [0.2, 0.25) is 11.8 Å². The molecule has 4 rings (SSSR count). The van der Waals surface area contributed by atoms with Crippen LogP contribution in [0.2, 0.25) is 0 Å². The van der Waals surface area contributed by atoms with Crippen LogP contribution in [0.5, 0.6) is 11.5 Å². The van der Waals surface area contributed by atoms with Gasteiger partial charge in [-0.15, -0.1) is 0 Å². The highest BCUT2D eigenvalue weighted by Crippen LogP contribution is 2.34. The summed E-state index contributed by atoms with van der Waals surface area (Å²) in [5, 5.41) is 2.87. The molecular weight excluding hydrogens is 561 g/mol. The second-order valence-corrected chi connectivity index (χ2v) is 12.3. The van der Waals surface area contributed by atoms with Gasteiger partial charge in [0.1, 0.15) is 31.6 Å². The Morgan fingerprint density at radius 3 is 2.31 bits per heavy atom. The number of fused-ring (bicyclic) bond motifs is 1. The fourth-order valence-electron chi connectivity index (χ4n) is 4.75. The van der Waals surface area contributed by atoms with Gasteiger partial charge < -0.3 is 19.7 Å². The number of anilines is 1. The van der Waals surface area contributed by atoms with E-state index in [0.717, 1.165) is 27.6 Å². The maximum atomic E-state index is 14.1. The van der Waals surface area contributed by atoms with E-state index in [1.807, 2.05) is 45.0 Å². The predicted octanol–water partition coefficient (Wildman–Crippen LogP) is 4.43. The van der Waals surface area contributed by atoms with Crippen LogP contribution in [-0.2, 0) is 26.2 Å². The van der Waals surface area contributed by atoms with E-state index in [1.165, 1.54) is 35.2 Å². The van der Waals surface area contributed by atoms with Crippen LogP contribution < -0.4 is 19.1 Å². The molecule has 1 aliphatic heterocycles. The van der Waals surface area contributed by atoms with Gasteiger partial charge in [-0.2, -0.15) is 0 Å². The Bertz CT molecular complexity index is 1530. The molecule has 0 saturated heterocycles. The molecule has 1 heterocycles. The van der Waals surface area contributed by atoms with Crippen LogP contribution in [0.1, 0.15) is 38.3 Å². The number of nitrogens with one attached hydrogen (secondary N) is 1. The molecule has 11 heteroatoms. The highest BCUT2D eigenvalue weighted by Gasteiger charge is 2.34. The minimum absolute atomic E-state index is 0.0892. The molecule has 3 aromatic carbocycles.